The van der Waals surface area contributed by atoms with Crippen molar-refractivity contribution in [2.75, 3.05) is 31.0 Å². The summed E-state index contributed by atoms with van der Waals surface area (Å²) in [5, 5.41) is 1.74. The van der Waals surface area contributed by atoms with Crippen LogP contribution in [0.5, 0.6) is 11.8 Å². The number of hydrogen-bond donors (Lipinski definition) is 2. The molecule has 0 bridgehead atoms. The smallest absolute Gasteiger partial charge is 0.349 e. The van der Waals surface area contributed by atoms with Gasteiger partial charge in [0.1, 0.15) is 10.7 Å². The molecule has 53 heavy (non-hydrogen) atoms. The summed E-state index contributed by atoms with van der Waals surface area (Å²) in [6, 6.07) is 9.86. The number of hydrogen-bond acceptors (Lipinski definition) is 12. The van der Waals surface area contributed by atoms with Gasteiger partial charge >= 0.3 is 12.0 Å². The largest absolute Gasteiger partial charge is 0.481 e. The van der Waals surface area contributed by atoms with Crippen molar-refractivity contribution in [3.63, 3.8) is 0 Å². The van der Waals surface area contributed by atoms with Crippen molar-refractivity contribution >= 4 is 92.0 Å². The first kappa shape index (κ1) is 39.0. The lowest BCUT2D eigenvalue weighted by Crippen LogP contribution is -2.35. The Morgan fingerprint density at radius 3 is 2.19 bits per heavy atom. The first-order chi connectivity index (χ1) is 25.3. The summed E-state index contributed by atoms with van der Waals surface area (Å²) in [5.74, 6) is -1.21. The number of fused-ring (bicyclic) bond motifs is 1. The second kappa shape index (κ2) is 16.6. The third kappa shape index (κ3) is 8.71. The molecule has 0 radical (unpaired) electrons. The SMILES string of the molecule is CCOC(=O)/C(Cl)=C/c1cc(N2C(=O)C3=C(CCCC3)C2=O)ccc1Cl.COc1cc(OC)nc(NC(=O)NS(=O)(=O)c2c(Cl)nc3ccccn23)n1. The number of esters is 1. The summed E-state index contributed by atoms with van der Waals surface area (Å²) in [7, 11) is -1.61. The highest BCUT2D eigenvalue weighted by atomic mass is 35.5. The molecule has 2 aliphatic rings. The van der Waals surface area contributed by atoms with Crippen LogP contribution < -0.4 is 24.4 Å². The summed E-state index contributed by atoms with van der Waals surface area (Å²) < 4.78 is 42.9. The molecule has 4 heterocycles. The van der Waals surface area contributed by atoms with Crippen LogP contribution in [0.4, 0.5) is 16.4 Å². The molecule has 6 rings (SSSR count). The molecule has 1 aliphatic heterocycles. The van der Waals surface area contributed by atoms with Crippen LogP contribution in [0.2, 0.25) is 10.2 Å². The summed E-state index contributed by atoms with van der Waals surface area (Å²) in [4.78, 5) is 62.0. The van der Waals surface area contributed by atoms with E-state index < -0.39 is 22.0 Å². The number of methoxy groups -OCH3 is 2. The van der Waals surface area contributed by atoms with E-state index in [4.69, 9.17) is 49.0 Å². The van der Waals surface area contributed by atoms with E-state index >= 15 is 0 Å². The van der Waals surface area contributed by atoms with Crippen molar-refractivity contribution in [2.45, 2.75) is 37.6 Å². The van der Waals surface area contributed by atoms with Gasteiger partial charge in [-0.15, -0.1) is 0 Å². The number of nitrogens with one attached hydrogen (secondary N) is 2. The Balaban J connectivity index is 0.000000204. The Bertz CT molecular complexity index is 2240. The second-order valence-corrected chi connectivity index (χ2v) is 13.8. The second-order valence-electron chi connectivity index (χ2n) is 11.0. The van der Waals surface area contributed by atoms with Gasteiger partial charge in [-0.25, -0.2) is 24.2 Å². The number of pyridine rings is 1. The van der Waals surface area contributed by atoms with Gasteiger partial charge < -0.3 is 14.2 Å². The zero-order valence-corrected chi connectivity index (χ0v) is 31.3. The number of sulfonamides is 1. The van der Waals surface area contributed by atoms with Gasteiger partial charge in [-0.05, 0) is 74.6 Å². The van der Waals surface area contributed by atoms with Gasteiger partial charge in [0, 0.05) is 22.4 Å². The number of imidazole rings is 1. The summed E-state index contributed by atoms with van der Waals surface area (Å²) in [5.41, 5.74) is 2.35. The van der Waals surface area contributed by atoms with E-state index in [0.29, 0.717) is 45.9 Å². The number of carbonyl (C=O) groups is 4. The lowest BCUT2D eigenvalue weighted by molar-refractivity contribution is -0.137. The standard InChI is InChI=1S/C19H17Cl2NO4.C14H13ClN6O5S/c1-2-26-19(25)16(21)10-11-9-12(7-8-15(11)20)22-17(23)13-5-3-4-6-14(13)18(22)24;1-25-9-7-10(26-2)18-13(17-9)19-14(22)20-27(23,24)12-11(15)16-8-5-3-4-6-21(8)12/h7-10H,2-6H2,1H3;3-7H,1-2H3,(H2,17,18,19,20,22)/b16-10-;. The van der Waals surface area contributed by atoms with Gasteiger partial charge in [-0.1, -0.05) is 40.9 Å². The Hall–Kier alpha value is -5.23. The van der Waals surface area contributed by atoms with Crippen molar-refractivity contribution in [1.29, 1.82) is 0 Å². The quantitative estimate of drug-likeness (QED) is 0.122. The first-order valence-electron chi connectivity index (χ1n) is 15.7. The molecule has 0 saturated carbocycles. The van der Waals surface area contributed by atoms with Crippen LogP contribution in [0.15, 0.2) is 69.9 Å². The van der Waals surface area contributed by atoms with E-state index in [0.717, 1.165) is 12.8 Å². The van der Waals surface area contributed by atoms with Crippen molar-refractivity contribution in [1.82, 2.24) is 24.1 Å². The molecule has 278 valence electrons. The normalized spacial score (nSPS) is 14.4. The Morgan fingerprint density at radius 1 is 0.943 bits per heavy atom. The van der Waals surface area contributed by atoms with E-state index in [-0.39, 0.29) is 51.3 Å². The minimum atomic E-state index is -4.34. The molecule has 4 aromatic rings. The number of carbonyl (C=O) groups excluding carboxylic acids is 4. The average Bonchev–Trinajstić information content (AvgIpc) is 3.61. The number of aromatic nitrogens is 4. The molecule has 1 aliphatic carbocycles. The minimum absolute atomic E-state index is 0.116. The number of halogens is 3. The first-order valence-corrected chi connectivity index (χ1v) is 18.3. The zero-order valence-electron chi connectivity index (χ0n) is 28.2. The van der Waals surface area contributed by atoms with Crippen molar-refractivity contribution in [3.05, 3.63) is 80.6 Å². The van der Waals surface area contributed by atoms with Crippen LogP contribution in [0.25, 0.3) is 11.7 Å². The predicted molar refractivity (Wildman–Crippen MR) is 195 cm³/mol. The summed E-state index contributed by atoms with van der Waals surface area (Å²) in [6.45, 7) is 1.87. The highest BCUT2D eigenvalue weighted by molar-refractivity contribution is 7.90. The highest BCUT2D eigenvalue weighted by Gasteiger charge is 2.39. The Labute approximate surface area is 317 Å². The van der Waals surface area contributed by atoms with E-state index in [1.54, 1.807) is 43.3 Å². The molecule has 2 N–H and O–H groups in total. The van der Waals surface area contributed by atoms with Crippen molar-refractivity contribution in [2.24, 2.45) is 0 Å². The monoisotopic (exact) mass is 805 g/mol. The van der Waals surface area contributed by atoms with Crippen LogP contribution >= 0.6 is 34.8 Å². The molecule has 1 aromatic carbocycles. The maximum Gasteiger partial charge on any atom is 0.349 e. The van der Waals surface area contributed by atoms with Crippen LogP contribution in [0, 0.1) is 0 Å². The number of imide groups is 1. The van der Waals surface area contributed by atoms with Crippen LogP contribution in [0.1, 0.15) is 38.2 Å². The number of rotatable bonds is 9. The molecule has 4 amide bonds. The van der Waals surface area contributed by atoms with Gasteiger partial charge in [0.15, 0.2) is 10.2 Å². The maximum absolute atomic E-state index is 12.7. The van der Waals surface area contributed by atoms with Crippen LogP contribution in [-0.4, -0.2) is 72.4 Å². The summed E-state index contributed by atoms with van der Waals surface area (Å²) in [6.07, 6.45) is 5.90. The number of benzene rings is 1. The predicted octanol–water partition coefficient (Wildman–Crippen LogP) is 5.53. The van der Waals surface area contributed by atoms with Gasteiger partial charge in [-0.2, -0.15) is 18.4 Å². The summed E-state index contributed by atoms with van der Waals surface area (Å²) >= 11 is 18.1. The van der Waals surface area contributed by atoms with Gasteiger partial charge in [0.05, 0.1) is 32.6 Å². The molecular formula is C33H30Cl3N7O9S. The lowest BCUT2D eigenvalue weighted by Gasteiger charge is -2.16. The molecule has 20 heteroatoms. The molecular weight excluding hydrogens is 777 g/mol. The third-order valence-corrected chi connectivity index (χ3v) is 9.97. The van der Waals surface area contributed by atoms with Crippen molar-refractivity contribution in [3.8, 4) is 11.8 Å². The maximum atomic E-state index is 12.7. The number of urea groups is 1. The average molecular weight is 807 g/mol. The Morgan fingerprint density at radius 2 is 1.58 bits per heavy atom. The fourth-order valence-corrected chi connectivity index (χ4v) is 7.20. The van der Waals surface area contributed by atoms with Crippen molar-refractivity contribution < 1.29 is 41.8 Å². The number of anilines is 2. The highest BCUT2D eigenvalue weighted by Crippen LogP contribution is 2.37. The van der Waals surface area contributed by atoms with E-state index in [1.807, 2.05) is 4.72 Å². The zero-order chi connectivity index (χ0) is 38.4. The van der Waals surface area contributed by atoms with E-state index in [2.05, 4.69) is 20.3 Å². The number of amides is 4. The van der Waals surface area contributed by atoms with Crippen LogP contribution in [0.3, 0.4) is 0 Å². The molecule has 3 aromatic heterocycles. The number of nitrogens with zero attached hydrogens (tertiary/aromatic N) is 5. The van der Waals surface area contributed by atoms with E-state index in [1.165, 1.54) is 41.9 Å². The minimum Gasteiger partial charge on any atom is -0.481 e. The molecule has 0 atom stereocenters. The molecule has 0 unspecified atom stereocenters. The molecule has 0 saturated heterocycles. The number of ether oxygens (including phenoxy) is 3. The van der Waals surface area contributed by atoms with Crippen LogP contribution in [-0.2, 0) is 29.1 Å². The van der Waals surface area contributed by atoms with Gasteiger partial charge in [0.2, 0.25) is 17.7 Å². The Kier molecular flexibility index (Phi) is 12.2. The topological polar surface area (TPSA) is 200 Å². The van der Waals surface area contributed by atoms with Gasteiger partial charge in [-0.3, -0.25) is 19.3 Å². The molecule has 16 nitrogen and oxygen atoms in total. The molecule has 0 fully saturated rings. The fraction of sp³-hybridized carbons (Fsp3) is 0.242. The third-order valence-electron chi connectivity index (χ3n) is 7.63. The molecule has 0 spiro atoms. The van der Waals surface area contributed by atoms with Gasteiger partial charge in [0.25, 0.3) is 21.8 Å². The lowest BCUT2D eigenvalue weighted by atomic mass is 9.93. The van der Waals surface area contributed by atoms with E-state index in [9.17, 15) is 27.6 Å². The fourth-order valence-electron chi connectivity index (χ4n) is 5.30.